The Kier molecular flexibility index (Phi) is 6.79. The largest absolute Gasteiger partial charge is 0.497 e. The number of furan rings is 1. The lowest BCUT2D eigenvalue weighted by molar-refractivity contribution is -0.117. The van der Waals surface area contributed by atoms with Gasteiger partial charge in [-0.3, -0.25) is 9.59 Å². The van der Waals surface area contributed by atoms with Crippen LogP contribution < -0.4 is 15.4 Å². The average molecular weight is 409 g/mol. The number of amides is 2. The molecule has 1 heterocycles. The van der Waals surface area contributed by atoms with Crippen LogP contribution in [0.4, 0.5) is 0 Å². The van der Waals surface area contributed by atoms with Crippen LogP contribution in [0.15, 0.2) is 51.2 Å². The Morgan fingerprint density at radius 1 is 1.24 bits per heavy atom. The van der Waals surface area contributed by atoms with Gasteiger partial charge in [0.2, 0.25) is 0 Å². The van der Waals surface area contributed by atoms with Gasteiger partial charge in [-0.1, -0.05) is 12.1 Å². The summed E-state index contributed by atoms with van der Waals surface area (Å²) in [4.78, 5) is 24.5. The van der Waals surface area contributed by atoms with E-state index in [1.165, 1.54) is 12.1 Å². The highest BCUT2D eigenvalue weighted by Crippen LogP contribution is 2.16. The number of aliphatic hydroxyl groups is 1. The van der Waals surface area contributed by atoms with Crippen molar-refractivity contribution in [1.29, 1.82) is 0 Å². The number of benzene rings is 1. The molecule has 7 nitrogen and oxygen atoms in total. The lowest BCUT2D eigenvalue weighted by atomic mass is 10.1. The number of rotatable bonds is 7. The molecule has 0 bridgehead atoms. The van der Waals surface area contributed by atoms with E-state index < -0.39 is 11.8 Å². The molecule has 2 aromatic rings. The SMILES string of the molecule is COc1ccc(/C=C(\NC(=O)c2ccc(Br)o2)C(=O)NCCO)cc1. The van der Waals surface area contributed by atoms with Crippen molar-refractivity contribution in [3.8, 4) is 5.75 Å². The first-order chi connectivity index (χ1) is 12.0. The van der Waals surface area contributed by atoms with E-state index >= 15 is 0 Å². The van der Waals surface area contributed by atoms with Crippen LogP contribution in [-0.2, 0) is 4.79 Å². The Hall–Kier alpha value is -2.58. The van der Waals surface area contributed by atoms with Crippen LogP contribution in [-0.4, -0.2) is 37.2 Å². The summed E-state index contributed by atoms with van der Waals surface area (Å²) in [5.41, 5.74) is 0.715. The molecule has 0 aliphatic heterocycles. The number of hydrogen-bond donors (Lipinski definition) is 3. The third-order valence-corrected chi connectivity index (χ3v) is 3.54. The second kappa shape index (κ2) is 9.05. The molecule has 0 spiro atoms. The maximum Gasteiger partial charge on any atom is 0.291 e. The summed E-state index contributed by atoms with van der Waals surface area (Å²) in [7, 11) is 1.56. The number of carbonyl (C=O) groups excluding carboxylic acids is 2. The predicted octanol–water partition coefficient (Wildman–Crippen LogP) is 1.93. The van der Waals surface area contributed by atoms with E-state index in [1.54, 1.807) is 37.4 Å². The standard InChI is InChI=1S/C17H17BrN2O5/c1-24-12-4-2-11(3-5-12)10-13(16(22)19-8-9-21)20-17(23)14-6-7-15(18)25-14/h2-7,10,21H,8-9H2,1H3,(H,19,22)(H,20,23)/b13-10-. The van der Waals surface area contributed by atoms with Crippen LogP contribution in [0.3, 0.4) is 0 Å². The van der Waals surface area contributed by atoms with E-state index in [2.05, 4.69) is 26.6 Å². The summed E-state index contributed by atoms with van der Waals surface area (Å²) < 4.78 is 10.7. The van der Waals surface area contributed by atoms with Crippen molar-refractivity contribution in [2.24, 2.45) is 0 Å². The summed E-state index contributed by atoms with van der Waals surface area (Å²) in [6, 6.07) is 10.0. The summed E-state index contributed by atoms with van der Waals surface area (Å²) in [5, 5.41) is 13.9. The zero-order chi connectivity index (χ0) is 18.2. The van der Waals surface area contributed by atoms with Crippen LogP contribution in [0.25, 0.3) is 6.08 Å². The Morgan fingerprint density at radius 3 is 2.52 bits per heavy atom. The van der Waals surface area contributed by atoms with Gasteiger partial charge in [-0.05, 0) is 51.8 Å². The summed E-state index contributed by atoms with van der Waals surface area (Å²) >= 11 is 3.12. The Morgan fingerprint density at radius 2 is 1.96 bits per heavy atom. The summed E-state index contributed by atoms with van der Waals surface area (Å²) in [6.07, 6.45) is 1.52. The van der Waals surface area contributed by atoms with Crippen LogP contribution in [0.5, 0.6) is 5.75 Å². The van der Waals surface area contributed by atoms with Crippen molar-refractivity contribution < 1.29 is 23.8 Å². The zero-order valence-corrected chi connectivity index (χ0v) is 15.0. The molecule has 0 saturated heterocycles. The van der Waals surface area contributed by atoms with E-state index in [4.69, 9.17) is 14.3 Å². The molecule has 3 N–H and O–H groups in total. The summed E-state index contributed by atoms with van der Waals surface area (Å²) in [6.45, 7) is -0.137. The second-order valence-corrected chi connectivity index (χ2v) is 5.65. The molecule has 8 heteroatoms. The Bertz CT molecular complexity index is 768. The lowest BCUT2D eigenvalue weighted by Gasteiger charge is -2.10. The van der Waals surface area contributed by atoms with Crippen molar-refractivity contribution in [1.82, 2.24) is 10.6 Å². The van der Waals surface area contributed by atoms with Gasteiger partial charge >= 0.3 is 0 Å². The topological polar surface area (TPSA) is 101 Å². The van der Waals surface area contributed by atoms with Gasteiger partial charge in [-0.15, -0.1) is 0 Å². The molecule has 0 atom stereocenters. The average Bonchev–Trinajstić information content (AvgIpc) is 3.06. The van der Waals surface area contributed by atoms with Crippen molar-refractivity contribution in [2.45, 2.75) is 0 Å². The van der Waals surface area contributed by atoms with Gasteiger partial charge in [-0.2, -0.15) is 0 Å². The molecule has 0 aliphatic rings. The van der Waals surface area contributed by atoms with Crippen molar-refractivity contribution >= 4 is 33.8 Å². The lowest BCUT2D eigenvalue weighted by Crippen LogP contribution is -2.36. The number of carbonyl (C=O) groups is 2. The molecular formula is C17H17BrN2O5. The number of hydrogen-bond acceptors (Lipinski definition) is 5. The maximum absolute atomic E-state index is 12.2. The monoisotopic (exact) mass is 408 g/mol. The predicted molar refractivity (Wildman–Crippen MR) is 94.9 cm³/mol. The number of methoxy groups -OCH3 is 1. The fraction of sp³-hybridized carbons (Fsp3) is 0.176. The minimum absolute atomic E-state index is 0.0242. The van der Waals surface area contributed by atoms with Gasteiger partial charge < -0.3 is 24.9 Å². The number of halogens is 1. The fourth-order valence-electron chi connectivity index (χ4n) is 1.91. The Labute approximate surface area is 152 Å². The van der Waals surface area contributed by atoms with Crippen LogP contribution in [0.1, 0.15) is 16.1 Å². The molecule has 0 saturated carbocycles. The molecule has 2 amide bonds. The highest BCUT2D eigenvalue weighted by molar-refractivity contribution is 9.10. The molecular weight excluding hydrogens is 392 g/mol. The first-order valence-electron chi connectivity index (χ1n) is 7.35. The highest BCUT2D eigenvalue weighted by Gasteiger charge is 2.16. The van der Waals surface area contributed by atoms with Crippen molar-refractivity contribution in [2.75, 3.05) is 20.3 Å². The minimum Gasteiger partial charge on any atom is -0.497 e. The van der Waals surface area contributed by atoms with E-state index in [1.807, 2.05) is 0 Å². The molecule has 1 aromatic heterocycles. The summed E-state index contributed by atoms with van der Waals surface area (Å²) in [5.74, 6) is -0.358. The third kappa shape index (κ3) is 5.47. The van der Waals surface area contributed by atoms with Crippen molar-refractivity contribution in [3.05, 3.63) is 58.1 Å². The van der Waals surface area contributed by atoms with Crippen LogP contribution >= 0.6 is 15.9 Å². The second-order valence-electron chi connectivity index (χ2n) is 4.87. The molecule has 0 unspecified atom stereocenters. The van der Waals surface area contributed by atoms with E-state index in [9.17, 15) is 9.59 Å². The molecule has 0 aliphatic carbocycles. The molecule has 132 valence electrons. The normalized spacial score (nSPS) is 11.1. The van der Waals surface area contributed by atoms with Gasteiger partial charge in [0.1, 0.15) is 11.4 Å². The van der Waals surface area contributed by atoms with Crippen LogP contribution in [0.2, 0.25) is 0 Å². The first kappa shape index (κ1) is 18.8. The first-order valence-corrected chi connectivity index (χ1v) is 8.14. The molecule has 0 radical (unpaired) electrons. The van der Waals surface area contributed by atoms with E-state index in [0.717, 1.165) is 0 Å². The number of nitrogens with one attached hydrogen (secondary N) is 2. The smallest absolute Gasteiger partial charge is 0.291 e. The van der Waals surface area contributed by atoms with Gasteiger partial charge in [-0.25, -0.2) is 0 Å². The van der Waals surface area contributed by atoms with Crippen molar-refractivity contribution in [3.63, 3.8) is 0 Å². The molecule has 0 fully saturated rings. The van der Waals surface area contributed by atoms with Gasteiger partial charge in [0.25, 0.3) is 11.8 Å². The Balaban J connectivity index is 2.23. The number of aliphatic hydroxyl groups excluding tert-OH is 1. The number of ether oxygens (including phenoxy) is 1. The van der Waals surface area contributed by atoms with Gasteiger partial charge in [0, 0.05) is 6.54 Å². The molecule has 25 heavy (non-hydrogen) atoms. The molecule has 1 aromatic carbocycles. The van der Waals surface area contributed by atoms with Crippen LogP contribution in [0, 0.1) is 0 Å². The minimum atomic E-state index is -0.565. The highest BCUT2D eigenvalue weighted by atomic mass is 79.9. The zero-order valence-electron chi connectivity index (χ0n) is 13.4. The molecule has 2 rings (SSSR count). The maximum atomic E-state index is 12.2. The van der Waals surface area contributed by atoms with Gasteiger partial charge in [0.15, 0.2) is 10.4 Å². The van der Waals surface area contributed by atoms with Gasteiger partial charge in [0.05, 0.1) is 13.7 Å². The fourth-order valence-corrected chi connectivity index (χ4v) is 2.22. The van der Waals surface area contributed by atoms with E-state index in [0.29, 0.717) is 16.0 Å². The quantitative estimate of drug-likeness (QED) is 0.607. The third-order valence-electron chi connectivity index (χ3n) is 3.11. The van der Waals surface area contributed by atoms with E-state index in [-0.39, 0.29) is 24.6 Å².